The molecule has 22 heavy (non-hydrogen) atoms. The normalized spacial score (nSPS) is 12.9. The maximum absolute atomic E-state index is 12.3. The number of hydrogen-bond acceptors (Lipinski definition) is 4. The number of aliphatic hydroxyl groups is 1. The van der Waals surface area contributed by atoms with E-state index >= 15 is 0 Å². The molecule has 0 fully saturated rings. The van der Waals surface area contributed by atoms with E-state index in [1.54, 1.807) is 0 Å². The molecule has 1 N–H and O–H groups in total. The molecule has 0 aromatic carbocycles. The molecule has 0 rings (SSSR count). The maximum Gasteiger partial charge on any atom is 0.426 e. The topological polar surface area (TPSA) is 55.8 Å². The number of carbonyl (C=O) groups is 1. The minimum atomic E-state index is -5.96. The van der Waals surface area contributed by atoms with Crippen LogP contribution in [-0.2, 0) is 14.3 Å². The Hall–Kier alpha value is -1.55. The summed E-state index contributed by atoms with van der Waals surface area (Å²) >= 11 is 0. The molecule has 4 nitrogen and oxygen atoms in total. The van der Waals surface area contributed by atoms with Gasteiger partial charge >= 0.3 is 18.3 Å². The van der Waals surface area contributed by atoms with Crippen LogP contribution in [0.1, 0.15) is 6.42 Å². The van der Waals surface area contributed by atoms with Crippen molar-refractivity contribution in [1.82, 2.24) is 0 Å². The van der Waals surface area contributed by atoms with Crippen molar-refractivity contribution < 1.29 is 45.7 Å². The molecule has 128 valence electrons. The first-order chi connectivity index (χ1) is 9.87. The summed E-state index contributed by atoms with van der Waals surface area (Å²) in [5, 5.41) is 8.81. The Morgan fingerprint density at radius 1 is 1.14 bits per heavy atom. The first-order valence-electron chi connectivity index (χ1n) is 5.76. The fraction of sp³-hybridized carbons (Fsp3) is 0.583. The van der Waals surface area contributed by atoms with Crippen LogP contribution in [0, 0.1) is 0 Å². The highest BCUT2D eigenvalue weighted by molar-refractivity contribution is 5.87. The van der Waals surface area contributed by atoms with Gasteiger partial charge < -0.3 is 14.6 Å². The lowest BCUT2D eigenvalue weighted by Gasteiger charge is -2.32. The largest absolute Gasteiger partial charge is 0.462 e. The van der Waals surface area contributed by atoms with Crippen LogP contribution in [0.15, 0.2) is 24.8 Å². The molecule has 10 heteroatoms. The standard InChI is InChI=1S/C12H14F6O4/c1-3-5-21-7-8(2)9(19)22-6-4-10(20,11(13,14)15)12(16,17)18/h3,20H,1-2,4-7H2. The van der Waals surface area contributed by atoms with Gasteiger partial charge in [-0.05, 0) is 0 Å². The maximum atomic E-state index is 12.3. The van der Waals surface area contributed by atoms with Crippen LogP contribution in [0.2, 0.25) is 0 Å². The van der Waals surface area contributed by atoms with Crippen LogP contribution in [-0.4, -0.2) is 48.9 Å². The summed E-state index contributed by atoms with van der Waals surface area (Å²) in [6.07, 6.45) is -12.4. The van der Waals surface area contributed by atoms with E-state index in [4.69, 9.17) is 9.84 Å². The third kappa shape index (κ3) is 5.34. The Kier molecular flexibility index (Phi) is 7.10. The number of esters is 1. The van der Waals surface area contributed by atoms with Crippen molar-refractivity contribution in [3.63, 3.8) is 0 Å². The van der Waals surface area contributed by atoms with Gasteiger partial charge in [-0.25, -0.2) is 4.79 Å². The molecule has 0 saturated heterocycles. The third-order valence-electron chi connectivity index (χ3n) is 2.44. The summed E-state index contributed by atoms with van der Waals surface area (Å²) in [5.74, 6) is -1.23. The first-order valence-corrected chi connectivity index (χ1v) is 5.76. The van der Waals surface area contributed by atoms with Crippen LogP contribution in [0.3, 0.4) is 0 Å². The molecule has 0 bridgehead atoms. The van der Waals surface area contributed by atoms with E-state index in [1.807, 2.05) is 0 Å². The zero-order valence-corrected chi connectivity index (χ0v) is 11.3. The Labute approximate surface area is 122 Å². The fourth-order valence-electron chi connectivity index (χ4n) is 1.16. The third-order valence-corrected chi connectivity index (χ3v) is 2.44. The second-order valence-electron chi connectivity index (χ2n) is 4.15. The molecule has 0 heterocycles. The van der Waals surface area contributed by atoms with Gasteiger partial charge in [-0.2, -0.15) is 26.3 Å². The Balaban J connectivity index is 4.56. The lowest BCUT2D eigenvalue weighted by molar-refractivity contribution is -0.371. The van der Waals surface area contributed by atoms with E-state index in [0.29, 0.717) is 0 Å². The molecule has 0 aromatic heterocycles. The van der Waals surface area contributed by atoms with Gasteiger partial charge in [0.25, 0.3) is 5.60 Å². The molecule has 0 atom stereocenters. The summed E-state index contributed by atoms with van der Waals surface area (Å²) in [6, 6.07) is 0. The molecule has 0 unspecified atom stereocenters. The van der Waals surface area contributed by atoms with Gasteiger partial charge in [-0.15, -0.1) is 6.58 Å². The first kappa shape index (κ1) is 20.5. The van der Waals surface area contributed by atoms with E-state index in [9.17, 15) is 31.1 Å². The molecule has 0 amide bonds. The highest BCUT2D eigenvalue weighted by Gasteiger charge is 2.70. The van der Waals surface area contributed by atoms with Crippen LogP contribution in [0.5, 0.6) is 0 Å². The van der Waals surface area contributed by atoms with E-state index in [1.165, 1.54) is 6.08 Å². The molecule has 0 saturated carbocycles. The highest BCUT2D eigenvalue weighted by atomic mass is 19.4. The van der Waals surface area contributed by atoms with Crippen LogP contribution in [0.4, 0.5) is 26.3 Å². The second kappa shape index (κ2) is 7.63. The SMILES string of the molecule is C=CCOCC(=C)C(=O)OCCC(O)(C(F)(F)F)C(F)(F)F. The number of carbonyl (C=O) groups excluding carboxylic acids is 1. The molecular weight excluding hydrogens is 322 g/mol. The van der Waals surface area contributed by atoms with Crippen molar-refractivity contribution in [3.8, 4) is 0 Å². The lowest BCUT2D eigenvalue weighted by Crippen LogP contribution is -2.57. The van der Waals surface area contributed by atoms with E-state index in [2.05, 4.69) is 17.9 Å². The summed E-state index contributed by atoms with van der Waals surface area (Å²) in [7, 11) is 0. The highest BCUT2D eigenvalue weighted by Crippen LogP contribution is 2.45. The van der Waals surface area contributed by atoms with Gasteiger partial charge in [0, 0.05) is 6.42 Å². The van der Waals surface area contributed by atoms with Gasteiger partial charge in [-0.1, -0.05) is 12.7 Å². The number of alkyl halides is 6. The zero-order valence-electron chi connectivity index (χ0n) is 11.3. The van der Waals surface area contributed by atoms with Gasteiger partial charge in [-0.3, -0.25) is 0 Å². The average Bonchev–Trinajstić information content (AvgIpc) is 2.35. The average molecular weight is 336 g/mol. The number of ether oxygens (including phenoxy) is 2. The number of hydrogen-bond donors (Lipinski definition) is 1. The fourth-order valence-corrected chi connectivity index (χ4v) is 1.16. The van der Waals surface area contributed by atoms with Crippen LogP contribution >= 0.6 is 0 Å². The molecule has 0 aliphatic heterocycles. The van der Waals surface area contributed by atoms with Crippen molar-refractivity contribution in [3.05, 3.63) is 24.8 Å². The number of halogens is 6. The Morgan fingerprint density at radius 2 is 1.64 bits per heavy atom. The van der Waals surface area contributed by atoms with Gasteiger partial charge in [0.1, 0.15) is 0 Å². The quantitative estimate of drug-likeness (QED) is 0.243. The number of rotatable bonds is 8. The smallest absolute Gasteiger partial charge is 0.426 e. The monoisotopic (exact) mass is 336 g/mol. The van der Waals surface area contributed by atoms with Crippen LogP contribution in [0.25, 0.3) is 0 Å². The minimum absolute atomic E-state index is 0.0637. The van der Waals surface area contributed by atoms with Gasteiger partial charge in [0.05, 0.1) is 25.4 Å². The Bertz CT molecular complexity index is 399. The second-order valence-corrected chi connectivity index (χ2v) is 4.15. The van der Waals surface area contributed by atoms with Gasteiger partial charge in [0.15, 0.2) is 0 Å². The summed E-state index contributed by atoms with van der Waals surface area (Å²) in [6.45, 7) is 4.95. The predicted octanol–water partition coefficient (Wildman–Crippen LogP) is 2.53. The predicted molar refractivity (Wildman–Crippen MR) is 62.8 cm³/mol. The van der Waals surface area contributed by atoms with E-state index in [0.717, 1.165) is 0 Å². The summed E-state index contributed by atoms with van der Waals surface area (Å²) in [4.78, 5) is 11.3. The molecule has 0 radical (unpaired) electrons. The lowest BCUT2D eigenvalue weighted by atomic mass is 9.99. The van der Waals surface area contributed by atoms with E-state index in [-0.39, 0.29) is 18.8 Å². The summed E-state index contributed by atoms with van der Waals surface area (Å²) < 4.78 is 83.0. The minimum Gasteiger partial charge on any atom is -0.462 e. The van der Waals surface area contributed by atoms with Crippen molar-refractivity contribution in [2.45, 2.75) is 24.4 Å². The van der Waals surface area contributed by atoms with Crippen molar-refractivity contribution in [2.75, 3.05) is 19.8 Å². The van der Waals surface area contributed by atoms with E-state index < -0.39 is 37.0 Å². The van der Waals surface area contributed by atoms with Crippen molar-refractivity contribution >= 4 is 5.97 Å². The van der Waals surface area contributed by atoms with Crippen molar-refractivity contribution in [1.29, 1.82) is 0 Å². The molecule has 0 aliphatic carbocycles. The molecule has 0 spiro atoms. The van der Waals surface area contributed by atoms with Gasteiger partial charge in [0.2, 0.25) is 0 Å². The zero-order chi connectivity index (χ0) is 17.6. The van der Waals surface area contributed by atoms with Crippen molar-refractivity contribution in [2.24, 2.45) is 0 Å². The summed E-state index contributed by atoms with van der Waals surface area (Å²) in [5.41, 5.74) is -5.26. The molecule has 0 aliphatic rings. The van der Waals surface area contributed by atoms with Crippen LogP contribution < -0.4 is 0 Å². The Morgan fingerprint density at radius 3 is 2.05 bits per heavy atom. The molecular formula is C12H14F6O4. The molecule has 0 aromatic rings.